The molecule has 0 aliphatic carbocycles. The van der Waals surface area contributed by atoms with E-state index in [2.05, 4.69) is 5.43 Å². The Balaban J connectivity index is 1.64. The molecule has 1 saturated heterocycles. The van der Waals surface area contributed by atoms with Crippen molar-refractivity contribution in [3.05, 3.63) is 35.4 Å². The molecule has 0 saturated carbocycles. The minimum absolute atomic E-state index is 0.146. The van der Waals surface area contributed by atoms with Gasteiger partial charge in [0.1, 0.15) is 17.7 Å². The number of hydrogen-bond donors (Lipinski definition) is 2. The van der Waals surface area contributed by atoms with Crippen molar-refractivity contribution in [2.45, 2.75) is 64.1 Å². The van der Waals surface area contributed by atoms with Crippen LogP contribution >= 0.6 is 0 Å². The van der Waals surface area contributed by atoms with E-state index in [1.807, 2.05) is 0 Å². The molecule has 3 rings (SSSR count). The Bertz CT molecular complexity index is 918. The van der Waals surface area contributed by atoms with Crippen molar-refractivity contribution in [3.63, 3.8) is 0 Å². The number of carbonyl (C=O) groups is 5. The number of carboxylic acids is 1. The number of imide groups is 1. The van der Waals surface area contributed by atoms with Gasteiger partial charge in [0.05, 0.1) is 11.1 Å². The van der Waals surface area contributed by atoms with Gasteiger partial charge in [-0.3, -0.25) is 29.1 Å². The Morgan fingerprint density at radius 1 is 1.16 bits per heavy atom. The van der Waals surface area contributed by atoms with Gasteiger partial charge >= 0.3 is 11.9 Å². The number of amides is 3. The predicted octanol–water partition coefficient (Wildman–Crippen LogP) is 1.35. The molecule has 0 aromatic heterocycles. The van der Waals surface area contributed by atoms with Crippen LogP contribution in [0, 0.1) is 0 Å². The van der Waals surface area contributed by atoms with E-state index in [0.29, 0.717) is 24.3 Å². The highest BCUT2D eigenvalue weighted by Crippen LogP contribution is 2.26. The van der Waals surface area contributed by atoms with E-state index in [4.69, 9.17) is 4.74 Å². The van der Waals surface area contributed by atoms with Gasteiger partial charge in [0.2, 0.25) is 5.91 Å². The Kier molecular flexibility index (Phi) is 6.63. The third-order valence-electron chi connectivity index (χ3n) is 5.23. The molecule has 0 bridgehead atoms. The number of carboxylic acid groups (broad SMARTS) is 1. The molecule has 2 aliphatic heterocycles. The van der Waals surface area contributed by atoms with Crippen LogP contribution in [0.3, 0.4) is 0 Å². The lowest BCUT2D eigenvalue weighted by Crippen LogP contribution is -2.56. The lowest BCUT2D eigenvalue weighted by Gasteiger charge is -2.34. The zero-order valence-corrected chi connectivity index (χ0v) is 18.3. The first-order chi connectivity index (χ1) is 15.0. The van der Waals surface area contributed by atoms with E-state index in [0.717, 1.165) is 0 Å². The number of fused-ring (bicyclic) bond motifs is 1. The smallest absolute Gasteiger partial charge is 0.326 e. The molecule has 2 N–H and O–H groups in total. The van der Waals surface area contributed by atoms with Gasteiger partial charge in [-0.15, -0.1) is 0 Å². The summed E-state index contributed by atoms with van der Waals surface area (Å²) in [6, 6.07) is 3.96. The van der Waals surface area contributed by atoms with Crippen LogP contribution in [0.5, 0.6) is 0 Å². The van der Waals surface area contributed by atoms with Crippen LogP contribution in [-0.4, -0.2) is 68.9 Å². The highest BCUT2D eigenvalue weighted by Gasteiger charge is 2.43. The molecule has 2 heterocycles. The molecule has 2 atom stereocenters. The van der Waals surface area contributed by atoms with E-state index in [1.54, 1.807) is 32.9 Å². The van der Waals surface area contributed by atoms with Crippen molar-refractivity contribution < 1.29 is 33.8 Å². The Morgan fingerprint density at radius 2 is 1.75 bits per heavy atom. The van der Waals surface area contributed by atoms with Gasteiger partial charge in [-0.25, -0.2) is 10.2 Å². The second-order valence-corrected chi connectivity index (χ2v) is 8.82. The average Bonchev–Trinajstić information content (AvgIpc) is 2.98. The number of benzene rings is 1. The Hall–Kier alpha value is -3.27. The van der Waals surface area contributed by atoms with Gasteiger partial charge in [-0.1, -0.05) is 12.1 Å². The monoisotopic (exact) mass is 445 g/mol. The molecule has 3 amide bonds. The van der Waals surface area contributed by atoms with E-state index in [-0.39, 0.29) is 24.0 Å². The first kappa shape index (κ1) is 23.4. The van der Waals surface area contributed by atoms with Crippen molar-refractivity contribution in [3.8, 4) is 0 Å². The number of nitrogens with zero attached hydrogens (tertiary/aromatic N) is 2. The summed E-state index contributed by atoms with van der Waals surface area (Å²) < 4.78 is 5.36. The van der Waals surface area contributed by atoms with Crippen molar-refractivity contribution >= 4 is 29.7 Å². The van der Waals surface area contributed by atoms with Gasteiger partial charge in [0, 0.05) is 13.0 Å². The van der Waals surface area contributed by atoms with Gasteiger partial charge in [-0.2, -0.15) is 0 Å². The minimum Gasteiger partial charge on any atom is -0.480 e. The second-order valence-electron chi connectivity index (χ2n) is 8.82. The van der Waals surface area contributed by atoms with Gasteiger partial charge in [0.15, 0.2) is 0 Å². The summed E-state index contributed by atoms with van der Waals surface area (Å²) >= 11 is 0. The van der Waals surface area contributed by atoms with Crippen molar-refractivity contribution in [2.24, 2.45) is 0 Å². The molecule has 1 aromatic carbocycles. The fourth-order valence-corrected chi connectivity index (χ4v) is 3.76. The number of hydrogen-bond acceptors (Lipinski definition) is 7. The van der Waals surface area contributed by atoms with Crippen LogP contribution in [-0.2, 0) is 19.1 Å². The van der Waals surface area contributed by atoms with E-state index < -0.39 is 47.3 Å². The maximum Gasteiger partial charge on any atom is 0.326 e. The first-order valence-electron chi connectivity index (χ1n) is 10.5. The predicted molar refractivity (Wildman–Crippen MR) is 111 cm³/mol. The molecular weight excluding hydrogens is 418 g/mol. The van der Waals surface area contributed by atoms with Gasteiger partial charge in [-0.05, 0) is 52.2 Å². The van der Waals surface area contributed by atoms with Crippen molar-refractivity contribution in [2.75, 3.05) is 6.54 Å². The summed E-state index contributed by atoms with van der Waals surface area (Å²) in [7, 11) is 0. The number of hydrazine groups is 1. The summed E-state index contributed by atoms with van der Waals surface area (Å²) in [5, 5.41) is 10.9. The maximum atomic E-state index is 12.7. The molecule has 0 radical (unpaired) electrons. The number of nitrogens with one attached hydrogen (secondary N) is 1. The first-order valence-corrected chi connectivity index (χ1v) is 10.5. The van der Waals surface area contributed by atoms with E-state index >= 15 is 0 Å². The molecule has 10 heteroatoms. The fourth-order valence-electron chi connectivity index (χ4n) is 3.76. The van der Waals surface area contributed by atoms with Crippen LogP contribution in [0.2, 0.25) is 0 Å². The summed E-state index contributed by atoms with van der Waals surface area (Å²) in [5.41, 5.74) is 2.48. The van der Waals surface area contributed by atoms with Crippen molar-refractivity contribution in [1.29, 1.82) is 0 Å². The Morgan fingerprint density at radius 3 is 2.28 bits per heavy atom. The summed E-state index contributed by atoms with van der Waals surface area (Å²) in [4.78, 5) is 62.8. The van der Waals surface area contributed by atoms with Crippen LogP contribution in [0.1, 0.15) is 67.2 Å². The number of esters is 1. The molecule has 32 heavy (non-hydrogen) atoms. The van der Waals surface area contributed by atoms with Crippen LogP contribution in [0.4, 0.5) is 0 Å². The third kappa shape index (κ3) is 4.96. The van der Waals surface area contributed by atoms with E-state index in [9.17, 15) is 29.1 Å². The lowest BCUT2D eigenvalue weighted by molar-refractivity contribution is -0.161. The standard InChI is InChI=1S/C22H27N3O7/c1-22(2,3)32-21(31)15-9-6-12-24(23-15)17(26)11-10-16(20(29)30)25-18(27)13-7-4-5-8-14(13)19(25)28/h4-5,7-8,15-16,23H,6,9-12H2,1-3H3,(H,29,30). The number of ether oxygens (including phenoxy) is 1. The zero-order valence-electron chi connectivity index (χ0n) is 18.3. The lowest BCUT2D eigenvalue weighted by atomic mass is 10.1. The summed E-state index contributed by atoms with van der Waals surface area (Å²) in [5.74, 6) is -3.64. The zero-order chi connectivity index (χ0) is 23.6. The number of carbonyl (C=O) groups excluding carboxylic acids is 4. The molecule has 1 fully saturated rings. The molecular formula is C22H27N3O7. The van der Waals surface area contributed by atoms with Gasteiger partial charge in [0.25, 0.3) is 11.8 Å². The average molecular weight is 445 g/mol. The molecule has 10 nitrogen and oxygen atoms in total. The summed E-state index contributed by atoms with van der Waals surface area (Å²) in [6.07, 6.45) is 0.613. The van der Waals surface area contributed by atoms with Gasteiger partial charge < -0.3 is 9.84 Å². The topological polar surface area (TPSA) is 133 Å². The Labute approximate surface area is 185 Å². The molecule has 172 valence electrons. The molecule has 2 aliphatic rings. The molecule has 1 aromatic rings. The van der Waals surface area contributed by atoms with Crippen LogP contribution < -0.4 is 5.43 Å². The fraction of sp³-hybridized carbons (Fsp3) is 0.500. The molecule has 0 spiro atoms. The largest absolute Gasteiger partial charge is 0.480 e. The van der Waals surface area contributed by atoms with Crippen LogP contribution in [0.25, 0.3) is 0 Å². The van der Waals surface area contributed by atoms with Crippen molar-refractivity contribution in [1.82, 2.24) is 15.3 Å². The second kappa shape index (κ2) is 9.07. The normalized spacial score (nSPS) is 19.5. The highest BCUT2D eigenvalue weighted by atomic mass is 16.6. The minimum atomic E-state index is -1.47. The maximum absolute atomic E-state index is 12.7. The third-order valence-corrected chi connectivity index (χ3v) is 5.23. The van der Waals surface area contributed by atoms with E-state index in [1.165, 1.54) is 17.1 Å². The number of aliphatic carboxylic acids is 1. The highest BCUT2D eigenvalue weighted by molar-refractivity contribution is 6.22. The van der Waals surface area contributed by atoms with Crippen LogP contribution in [0.15, 0.2) is 24.3 Å². The molecule has 2 unspecified atom stereocenters. The quantitative estimate of drug-likeness (QED) is 0.495. The SMILES string of the molecule is CC(C)(C)OC(=O)C1CCCN(C(=O)CCC(C(=O)O)N2C(=O)c3ccccc3C2=O)N1. The number of rotatable bonds is 6. The summed E-state index contributed by atoms with van der Waals surface area (Å²) in [6.45, 7) is 5.61.